The van der Waals surface area contributed by atoms with Gasteiger partial charge in [0.25, 0.3) is 0 Å². The van der Waals surface area contributed by atoms with Gasteiger partial charge in [0.2, 0.25) is 0 Å². The van der Waals surface area contributed by atoms with Gasteiger partial charge in [-0.3, -0.25) is 0 Å². The molecule has 0 saturated carbocycles. The molecule has 5 heteroatoms. The lowest BCUT2D eigenvalue weighted by Crippen LogP contribution is -2.06. The first-order valence-electron chi connectivity index (χ1n) is 8.40. The van der Waals surface area contributed by atoms with E-state index in [0.29, 0.717) is 33.1 Å². The van der Waals surface area contributed by atoms with Crippen LogP contribution in [0.2, 0.25) is 0 Å². The van der Waals surface area contributed by atoms with Crippen molar-refractivity contribution < 1.29 is 13.9 Å². The van der Waals surface area contributed by atoms with Crippen LogP contribution in [0, 0.1) is 0 Å². The third-order valence-electron chi connectivity index (χ3n) is 4.47. The molecule has 5 nitrogen and oxygen atoms in total. The average Bonchev–Trinajstić information content (AvgIpc) is 2.97. The zero-order chi connectivity index (χ0) is 18.3. The molecule has 4 aromatic rings. The van der Waals surface area contributed by atoms with Crippen LogP contribution in [0.25, 0.3) is 33.1 Å². The number of hydrogen-bond donors (Lipinski definition) is 0. The molecule has 0 aliphatic heterocycles. The lowest BCUT2D eigenvalue weighted by Gasteiger charge is -2.07. The summed E-state index contributed by atoms with van der Waals surface area (Å²) < 4.78 is 12.5. The number of aromatic nitrogens is 1. The first kappa shape index (κ1) is 16.1. The molecule has 2 aromatic heterocycles. The molecular weight excluding hydrogens is 330 g/mol. The van der Waals surface area contributed by atoms with Crippen molar-refractivity contribution in [1.29, 1.82) is 0 Å². The third kappa shape index (κ3) is 2.32. The molecule has 0 unspecified atom stereocenters. The molecule has 0 spiro atoms. The number of fused-ring (bicyclic) bond motifs is 3. The number of hydrogen-bond acceptors (Lipinski definition) is 4. The lowest BCUT2D eigenvalue weighted by atomic mass is 10.0. The Balaban J connectivity index is 2.24. The highest BCUT2D eigenvalue weighted by atomic mass is 16.5. The summed E-state index contributed by atoms with van der Waals surface area (Å²) in [6.45, 7) is 2.01. The van der Waals surface area contributed by atoms with Crippen LogP contribution in [0.5, 0.6) is 0 Å². The molecule has 0 saturated heterocycles. The first-order chi connectivity index (χ1) is 12.6. The molecule has 0 N–H and O–H groups in total. The van der Waals surface area contributed by atoms with Crippen LogP contribution in [-0.2, 0) is 11.8 Å². The van der Waals surface area contributed by atoms with E-state index in [1.807, 2.05) is 42.5 Å². The van der Waals surface area contributed by atoms with Crippen molar-refractivity contribution in [3.63, 3.8) is 0 Å². The average molecular weight is 347 g/mol. The largest absolute Gasteiger partial charge is 0.462 e. The van der Waals surface area contributed by atoms with Crippen LogP contribution in [0.1, 0.15) is 17.3 Å². The van der Waals surface area contributed by atoms with Gasteiger partial charge < -0.3 is 13.7 Å². The highest BCUT2D eigenvalue weighted by molar-refractivity contribution is 6.18. The van der Waals surface area contributed by atoms with Gasteiger partial charge in [-0.1, -0.05) is 48.5 Å². The van der Waals surface area contributed by atoms with Gasteiger partial charge in [0.1, 0.15) is 11.1 Å². The minimum absolute atomic E-state index is 0.253. The normalized spacial score (nSPS) is 11.2. The number of carbonyl (C=O) groups is 1. The molecule has 0 bridgehead atoms. The van der Waals surface area contributed by atoms with E-state index in [2.05, 4.69) is 0 Å². The smallest absolute Gasteiger partial charge is 0.361 e. The number of aryl methyl sites for hydroxylation is 1. The molecule has 0 amide bonds. The molecule has 0 aliphatic carbocycles. The van der Waals surface area contributed by atoms with E-state index >= 15 is 0 Å². The van der Waals surface area contributed by atoms with E-state index < -0.39 is 11.6 Å². The number of esters is 1. The zero-order valence-corrected chi connectivity index (χ0v) is 14.5. The van der Waals surface area contributed by atoms with E-state index in [0.717, 1.165) is 5.56 Å². The molecule has 2 heterocycles. The van der Waals surface area contributed by atoms with Crippen molar-refractivity contribution in [2.75, 3.05) is 6.61 Å². The molecule has 0 fully saturated rings. The quantitative estimate of drug-likeness (QED) is 0.413. The van der Waals surface area contributed by atoms with Gasteiger partial charge in [0.05, 0.1) is 17.9 Å². The molecule has 2 aromatic carbocycles. The van der Waals surface area contributed by atoms with Gasteiger partial charge in [-0.25, -0.2) is 9.59 Å². The van der Waals surface area contributed by atoms with Gasteiger partial charge >= 0.3 is 11.6 Å². The van der Waals surface area contributed by atoms with Crippen LogP contribution < -0.4 is 5.63 Å². The van der Waals surface area contributed by atoms with Gasteiger partial charge in [-0.05, 0) is 18.6 Å². The van der Waals surface area contributed by atoms with Crippen molar-refractivity contribution in [2.24, 2.45) is 7.05 Å². The Morgan fingerprint density at radius 1 is 1.08 bits per heavy atom. The zero-order valence-electron chi connectivity index (χ0n) is 14.5. The second-order valence-electron chi connectivity index (χ2n) is 5.98. The number of nitrogens with zero attached hydrogens (tertiary/aromatic N) is 1. The van der Waals surface area contributed by atoms with E-state index in [9.17, 15) is 9.59 Å². The number of para-hydroxylation sites is 1. The van der Waals surface area contributed by atoms with Crippen molar-refractivity contribution in [2.45, 2.75) is 6.92 Å². The van der Waals surface area contributed by atoms with Gasteiger partial charge in [0.15, 0.2) is 0 Å². The highest BCUT2D eigenvalue weighted by Gasteiger charge is 2.27. The summed E-state index contributed by atoms with van der Waals surface area (Å²) in [4.78, 5) is 25.5. The lowest BCUT2D eigenvalue weighted by molar-refractivity contribution is 0.0529. The fourth-order valence-electron chi connectivity index (χ4n) is 3.43. The Hall–Kier alpha value is -3.34. The summed E-state index contributed by atoms with van der Waals surface area (Å²) in [5.74, 6) is -0.451. The van der Waals surface area contributed by atoms with Gasteiger partial charge in [-0.15, -0.1) is 0 Å². The molecule has 130 valence electrons. The van der Waals surface area contributed by atoms with Gasteiger partial charge in [0, 0.05) is 17.8 Å². The summed E-state index contributed by atoms with van der Waals surface area (Å²) >= 11 is 0. The second-order valence-corrected chi connectivity index (χ2v) is 5.98. The second kappa shape index (κ2) is 6.19. The summed E-state index contributed by atoms with van der Waals surface area (Å²) in [6, 6.07) is 16.7. The fraction of sp³-hybridized carbons (Fsp3) is 0.143. The maximum absolute atomic E-state index is 12.9. The Bertz CT molecular complexity index is 1190. The standard InChI is InChI=1S/C21H17NO4/c1-3-25-20(23)17-16-14-11-7-8-12-15(14)26-21(24)19(16)22(2)18(17)13-9-5-4-6-10-13/h4-12H,3H2,1-2H3. The molecule has 4 rings (SSSR count). The molecule has 26 heavy (non-hydrogen) atoms. The SMILES string of the molecule is CCOC(=O)c1c(-c2ccccc2)n(C)c2c(=O)oc3ccccc3c12. The Morgan fingerprint density at radius 3 is 2.50 bits per heavy atom. The van der Waals surface area contributed by atoms with Crippen molar-refractivity contribution >= 4 is 27.8 Å². The maximum atomic E-state index is 12.9. The topological polar surface area (TPSA) is 61.4 Å². The Labute approximate surface area is 149 Å². The summed E-state index contributed by atoms with van der Waals surface area (Å²) in [6.07, 6.45) is 0. The minimum Gasteiger partial charge on any atom is -0.462 e. The van der Waals surface area contributed by atoms with Crippen LogP contribution in [-0.4, -0.2) is 17.1 Å². The van der Waals surface area contributed by atoms with E-state index in [1.54, 1.807) is 30.7 Å². The van der Waals surface area contributed by atoms with Crippen LogP contribution in [0.15, 0.2) is 63.8 Å². The molecular formula is C21H17NO4. The van der Waals surface area contributed by atoms with E-state index in [4.69, 9.17) is 9.15 Å². The van der Waals surface area contributed by atoms with Crippen LogP contribution in [0.4, 0.5) is 0 Å². The predicted molar refractivity (Wildman–Crippen MR) is 100 cm³/mol. The Kier molecular flexibility index (Phi) is 3.84. The number of benzene rings is 2. The van der Waals surface area contributed by atoms with Crippen LogP contribution >= 0.6 is 0 Å². The van der Waals surface area contributed by atoms with Crippen molar-refractivity contribution in [3.8, 4) is 11.3 Å². The van der Waals surface area contributed by atoms with E-state index in [-0.39, 0.29) is 6.61 Å². The summed E-state index contributed by atoms with van der Waals surface area (Å²) in [7, 11) is 1.76. The van der Waals surface area contributed by atoms with Crippen LogP contribution in [0.3, 0.4) is 0 Å². The summed E-state index contributed by atoms with van der Waals surface area (Å²) in [5.41, 5.74) is 2.18. The molecule has 0 aliphatic rings. The van der Waals surface area contributed by atoms with Crippen molar-refractivity contribution in [1.82, 2.24) is 4.57 Å². The van der Waals surface area contributed by atoms with E-state index in [1.165, 1.54) is 0 Å². The monoisotopic (exact) mass is 347 g/mol. The third-order valence-corrected chi connectivity index (χ3v) is 4.47. The number of ether oxygens (including phenoxy) is 1. The predicted octanol–water partition coefficient (Wildman–Crippen LogP) is 4.13. The first-order valence-corrected chi connectivity index (χ1v) is 8.40. The fourth-order valence-corrected chi connectivity index (χ4v) is 3.43. The minimum atomic E-state index is -0.478. The number of rotatable bonds is 3. The van der Waals surface area contributed by atoms with Crippen molar-refractivity contribution in [3.05, 3.63) is 70.6 Å². The number of carbonyl (C=O) groups excluding carboxylic acids is 1. The Morgan fingerprint density at radius 2 is 1.77 bits per heavy atom. The van der Waals surface area contributed by atoms with Gasteiger partial charge in [-0.2, -0.15) is 0 Å². The highest BCUT2D eigenvalue weighted by Crippen LogP contribution is 2.36. The molecule has 0 atom stereocenters. The summed E-state index contributed by atoms with van der Waals surface area (Å²) in [5, 5.41) is 1.28. The maximum Gasteiger partial charge on any atom is 0.361 e. The molecule has 0 radical (unpaired) electrons.